The van der Waals surface area contributed by atoms with Crippen molar-refractivity contribution in [2.24, 2.45) is 0 Å². The zero-order valence-corrected chi connectivity index (χ0v) is 13.2. The number of carbonyl (C=O) groups excluding carboxylic acids is 1. The summed E-state index contributed by atoms with van der Waals surface area (Å²) in [6, 6.07) is 5.98. The smallest absolute Gasteiger partial charge is 0.344 e. The van der Waals surface area contributed by atoms with E-state index in [1.54, 1.807) is 4.68 Å². The minimum absolute atomic E-state index is 0.0549. The van der Waals surface area contributed by atoms with Crippen LogP contribution in [0, 0.1) is 0 Å². The van der Waals surface area contributed by atoms with E-state index in [-0.39, 0.29) is 13.2 Å². The monoisotopic (exact) mass is 316 g/mol. The first-order valence-corrected chi connectivity index (χ1v) is 7.91. The largest absolute Gasteiger partial charge is 0.482 e. The van der Waals surface area contributed by atoms with Crippen molar-refractivity contribution in [1.29, 1.82) is 0 Å². The van der Waals surface area contributed by atoms with Gasteiger partial charge < -0.3 is 9.47 Å². The van der Waals surface area contributed by atoms with Crippen molar-refractivity contribution in [3.05, 3.63) is 35.2 Å². The van der Waals surface area contributed by atoms with Gasteiger partial charge in [-0.1, -0.05) is 13.0 Å². The van der Waals surface area contributed by atoms with E-state index in [9.17, 15) is 4.79 Å². The first kappa shape index (κ1) is 15.5. The van der Waals surface area contributed by atoms with Crippen molar-refractivity contribution in [3.63, 3.8) is 0 Å². The number of benzene rings is 1. The van der Waals surface area contributed by atoms with E-state index < -0.39 is 5.97 Å². The summed E-state index contributed by atoms with van der Waals surface area (Å²) in [4.78, 5) is 11.8. The summed E-state index contributed by atoms with van der Waals surface area (Å²) < 4.78 is 12.3. The Hall–Kier alpha value is -2.44. The van der Waals surface area contributed by atoms with Crippen LogP contribution in [0.3, 0.4) is 0 Å². The fourth-order valence-corrected chi connectivity index (χ4v) is 2.68. The molecule has 23 heavy (non-hydrogen) atoms. The number of carbonyl (C=O) groups is 1. The Labute approximate surface area is 134 Å². The molecule has 1 aromatic carbocycles. The minimum atomic E-state index is -0.434. The van der Waals surface area contributed by atoms with Gasteiger partial charge in [0.05, 0.1) is 0 Å². The van der Waals surface area contributed by atoms with Crippen LogP contribution in [0.25, 0.3) is 0 Å². The second-order valence-electron chi connectivity index (χ2n) is 5.55. The second-order valence-corrected chi connectivity index (χ2v) is 5.55. The van der Waals surface area contributed by atoms with Crippen molar-refractivity contribution < 1.29 is 14.3 Å². The molecule has 0 saturated heterocycles. The molecule has 7 nitrogen and oxygen atoms in total. The summed E-state index contributed by atoms with van der Waals surface area (Å²) in [7, 11) is 0. The van der Waals surface area contributed by atoms with Crippen molar-refractivity contribution in [1.82, 2.24) is 20.2 Å². The van der Waals surface area contributed by atoms with Crippen LogP contribution in [-0.2, 0) is 35.5 Å². The third kappa shape index (κ3) is 3.85. The SMILES string of the molecule is CCCn1nnnc1COC(=O)COc1ccc2c(c1)CCC2. The molecule has 0 unspecified atom stereocenters. The van der Waals surface area contributed by atoms with Gasteiger partial charge in [-0.15, -0.1) is 5.10 Å². The van der Waals surface area contributed by atoms with Crippen LogP contribution in [0.2, 0.25) is 0 Å². The Morgan fingerprint density at radius 3 is 3.04 bits per heavy atom. The summed E-state index contributed by atoms with van der Waals surface area (Å²) in [5, 5.41) is 11.3. The van der Waals surface area contributed by atoms with E-state index in [0.717, 1.165) is 19.3 Å². The van der Waals surface area contributed by atoms with Gasteiger partial charge in [-0.3, -0.25) is 0 Å². The fraction of sp³-hybridized carbons (Fsp3) is 0.500. The molecular formula is C16H20N4O3. The molecule has 1 heterocycles. The van der Waals surface area contributed by atoms with Crippen LogP contribution in [0.4, 0.5) is 0 Å². The predicted octanol–water partition coefficient (Wildman–Crippen LogP) is 1.69. The molecule has 1 aromatic heterocycles. The Morgan fingerprint density at radius 2 is 2.17 bits per heavy atom. The maximum Gasteiger partial charge on any atom is 0.344 e. The Bertz CT molecular complexity index is 684. The van der Waals surface area contributed by atoms with Crippen LogP contribution in [0.15, 0.2) is 18.2 Å². The molecule has 0 radical (unpaired) electrons. The molecule has 3 rings (SSSR count). The van der Waals surface area contributed by atoms with E-state index in [0.29, 0.717) is 18.1 Å². The maximum absolute atomic E-state index is 11.8. The topological polar surface area (TPSA) is 79.1 Å². The van der Waals surface area contributed by atoms with Gasteiger partial charge in [0.15, 0.2) is 19.0 Å². The summed E-state index contributed by atoms with van der Waals surface area (Å²) in [5.74, 6) is 0.813. The van der Waals surface area contributed by atoms with Gasteiger partial charge in [-0.25, -0.2) is 9.48 Å². The molecule has 0 fully saturated rings. The van der Waals surface area contributed by atoms with Crippen LogP contribution >= 0.6 is 0 Å². The first-order valence-electron chi connectivity index (χ1n) is 7.91. The maximum atomic E-state index is 11.8. The van der Waals surface area contributed by atoms with E-state index in [1.165, 1.54) is 17.5 Å². The number of aryl methyl sites for hydroxylation is 3. The van der Waals surface area contributed by atoms with Crippen molar-refractivity contribution in [3.8, 4) is 5.75 Å². The number of hydrogen-bond acceptors (Lipinski definition) is 6. The van der Waals surface area contributed by atoms with Gasteiger partial charge >= 0.3 is 5.97 Å². The molecule has 1 aliphatic rings. The quantitative estimate of drug-likeness (QED) is 0.723. The van der Waals surface area contributed by atoms with Crippen LogP contribution in [0.5, 0.6) is 5.75 Å². The third-order valence-electron chi connectivity index (χ3n) is 3.83. The molecular weight excluding hydrogens is 296 g/mol. The van der Waals surface area contributed by atoms with E-state index in [1.807, 2.05) is 19.1 Å². The van der Waals surface area contributed by atoms with Crippen molar-refractivity contribution in [2.75, 3.05) is 6.61 Å². The van der Waals surface area contributed by atoms with Gasteiger partial charge in [0, 0.05) is 6.54 Å². The lowest BCUT2D eigenvalue weighted by Gasteiger charge is -2.08. The highest BCUT2D eigenvalue weighted by Gasteiger charge is 2.13. The molecule has 0 amide bonds. The van der Waals surface area contributed by atoms with Crippen LogP contribution in [-0.4, -0.2) is 32.8 Å². The van der Waals surface area contributed by atoms with Gasteiger partial charge in [0.2, 0.25) is 0 Å². The molecule has 2 aromatic rings. The Morgan fingerprint density at radius 1 is 1.30 bits per heavy atom. The van der Waals surface area contributed by atoms with Gasteiger partial charge in [-0.2, -0.15) is 0 Å². The summed E-state index contributed by atoms with van der Waals surface area (Å²) in [5.41, 5.74) is 2.69. The Kier molecular flexibility index (Phi) is 4.85. The van der Waals surface area contributed by atoms with Crippen molar-refractivity contribution >= 4 is 5.97 Å². The van der Waals surface area contributed by atoms with Crippen molar-refractivity contribution in [2.45, 2.75) is 45.8 Å². The highest BCUT2D eigenvalue weighted by Crippen LogP contribution is 2.25. The van der Waals surface area contributed by atoms with E-state index in [2.05, 4.69) is 21.6 Å². The standard InChI is InChI=1S/C16H20N4O3/c1-2-8-20-15(17-18-19-20)10-23-16(21)11-22-14-7-6-12-4-3-5-13(12)9-14/h6-7,9H,2-5,8,10-11H2,1H3. The number of esters is 1. The summed E-state index contributed by atoms with van der Waals surface area (Å²) in [6.07, 6.45) is 4.31. The van der Waals surface area contributed by atoms with Gasteiger partial charge in [-0.05, 0) is 59.4 Å². The number of rotatable bonds is 7. The number of tetrazole rings is 1. The molecule has 1 aliphatic carbocycles. The number of nitrogens with zero attached hydrogens (tertiary/aromatic N) is 4. The van der Waals surface area contributed by atoms with Crippen LogP contribution < -0.4 is 4.74 Å². The fourth-order valence-electron chi connectivity index (χ4n) is 2.68. The normalized spacial score (nSPS) is 12.9. The number of aromatic nitrogens is 4. The molecule has 122 valence electrons. The predicted molar refractivity (Wildman–Crippen MR) is 81.9 cm³/mol. The molecule has 0 aliphatic heterocycles. The first-order chi connectivity index (χ1) is 11.3. The lowest BCUT2D eigenvalue weighted by molar-refractivity contribution is -0.147. The lowest BCUT2D eigenvalue weighted by atomic mass is 10.1. The number of fused-ring (bicyclic) bond motifs is 1. The summed E-state index contributed by atoms with van der Waals surface area (Å²) in [6.45, 7) is 2.67. The average molecular weight is 316 g/mol. The van der Waals surface area contributed by atoms with Crippen LogP contribution in [0.1, 0.15) is 36.7 Å². The molecule has 0 atom stereocenters. The summed E-state index contributed by atoms with van der Waals surface area (Å²) >= 11 is 0. The highest BCUT2D eigenvalue weighted by molar-refractivity contribution is 5.71. The third-order valence-corrected chi connectivity index (χ3v) is 3.83. The molecule has 0 N–H and O–H groups in total. The van der Waals surface area contributed by atoms with E-state index >= 15 is 0 Å². The van der Waals surface area contributed by atoms with Gasteiger partial charge in [0.25, 0.3) is 0 Å². The second kappa shape index (κ2) is 7.21. The number of ether oxygens (including phenoxy) is 2. The lowest BCUT2D eigenvalue weighted by Crippen LogP contribution is -2.16. The Balaban J connectivity index is 1.47. The number of hydrogen-bond donors (Lipinski definition) is 0. The minimum Gasteiger partial charge on any atom is -0.482 e. The molecule has 7 heteroatoms. The highest BCUT2D eigenvalue weighted by atomic mass is 16.6. The zero-order valence-electron chi connectivity index (χ0n) is 13.2. The van der Waals surface area contributed by atoms with Gasteiger partial charge in [0.1, 0.15) is 5.75 Å². The molecule has 0 saturated carbocycles. The molecule has 0 spiro atoms. The molecule has 0 bridgehead atoms. The average Bonchev–Trinajstić information content (AvgIpc) is 3.19. The van der Waals surface area contributed by atoms with E-state index in [4.69, 9.17) is 9.47 Å². The zero-order chi connectivity index (χ0) is 16.1.